The first-order valence-electron chi connectivity index (χ1n) is 5.79. The minimum absolute atomic E-state index is 0.465. The summed E-state index contributed by atoms with van der Waals surface area (Å²) in [5, 5.41) is 0. The van der Waals surface area contributed by atoms with E-state index in [-0.39, 0.29) is 0 Å². The van der Waals surface area contributed by atoms with Gasteiger partial charge in [-0.1, -0.05) is 30.0 Å². The van der Waals surface area contributed by atoms with Gasteiger partial charge in [-0.2, -0.15) is 0 Å². The van der Waals surface area contributed by atoms with Crippen LogP contribution < -0.4 is 11.5 Å². The number of aromatic amines is 1. The van der Waals surface area contributed by atoms with Crippen molar-refractivity contribution in [2.24, 2.45) is 0 Å². The van der Waals surface area contributed by atoms with Crippen LogP contribution in [0.3, 0.4) is 0 Å². The van der Waals surface area contributed by atoms with Crippen molar-refractivity contribution in [2.75, 3.05) is 5.73 Å². The molecule has 0 fully saturated rings. The van der Waals surface area contributed by atoms with Crippen molar-refractivity contribution in [1.82, 2.24) is 4.98 Å². The van der Waals surface area contributed by atoms with E-state index in [1.165, 1.54) is 5.56 Å². The van der Waals surface area contributed by atoms with E-state index in [4.69, 9.17) is 10.2 Å². The van der Waals surface area contributed by atoms with Crippen LogP contribution in [0, 0.1) is 6.92 Å². The molecule has 0 bridgehead atoms. The molecule has 1 aromatic heterocycles. The van der Waals surface area contributed by atoms with Crippen LogP contribution in [0.4, 0.5) is 5.69 Å². The van der Waals surface area contributed by atoms with Gasteiger partial charge < -0.3 is 10.2 Å². The molecule has 0 aliphatic carbocycles. The maximum absolute atomic E-state index is 11.2. The van der Waals surface area contributed by atoms with E-state index >= 15 is 0 Å². The molecule has 0 unspecified atom stereocenters. The highest BCUT2D eigenvalue weighted by Gasteiger charge is 2.09. The molecule has 0 atom stereocenters. The Kier molecular flexibility index (Phi) is 2.83. The normalized spacial score (nSPS) is 11.0. The number of hydrogen-bond acceptors (Lipinski definition) is 4. The zero-order valence-electron chi connectivity index (χ0n) is 10.3. The molecule has 3 aromatic rings. The van der Waals surface area contributed by atoms with Crippen molar-refractivity contribution in [3.8, 4) is 0 Å². The van der Waals surface area contributed by atoms with Crippen LogP contribution in [0.1, 0.15) is 5.56 Å². The quantitative estimate of drug-likeness (QED) is 0.703. The summed E-state index contributed by atoms with van der Waals surface area (Å²) in [5.41, 5.74) is 8.93. The number of benzene rings is 2. The predicted octanol–water partition coefficient (Wildman–Crippen LogP) is 3.16. The molecular weight excluding hydrogens is 260 g/mol. The molecule has 0 saturated carbocycles. The smallest absolute Gasteiger partial charge is 0.408 e. The van der Waals surface area contributed by atoms with Crippen molar-refractivity contribution < 1.29 is 4.42 Å². The third kappa shape index (κ3) is 2.24. The van der Waals surface area contributed by atoms with Gasteiger partial charge in [0.15, 0.2) is 5.58 Å². The first-order chi connectivity index (χ1) is 9.13. The van der Waals surface area contributed by atoms with Crippen LogP contribution in [0.2, 0.25) is 0 Å². The van der Waals surface area contributed by atoms with E-state index in [0.717, 1.165) is 9.79 Å². The Labute approximate surface area is 113 Å². The number of rotatable bonds is 2. The summed E-state index contributed by atoms with van der Waals surface area (Å²) in [6.45, 7) is 2.05. The van der Waals surface area contributed by atoms with Gasteiger partial charge in [-0.05, 0) is 24.6 Å². The summed E-state index contributed by atoms with van der Waals surface area (Å²) in [7, 11) is 0. The van der Waals surface area contributed by atoms with E-state index in [0.29, 0.717) is 16.8 Å². The summed E-state index contributed by atoms with van der Waals surface area (Å²) in [6.07, 6.45) is 0. The Balaban J connectivity index is 2.07. The lowest BCUT2D eigenvalue weighted by molar-refractivity contribution is 0.555. The molecule has 5 heteroatoms. The van der Waals surface area contributed by atoms with Gasteiger partial charge in [0.25, 0.3) is 0 Å². The number of anilines is 1. The van der Waals surface area contributed by atoms with Gasteiger partial charge in [-0.15, -0.1) is 0 Å². The van der Waals surface area contributed by atoms with Crippen molar-refractivity contribution in [2.45, 2.75) is 16.7 Å². The van der Waals surface area contributed by atoms with Gasteiger partial charge in [0, 0.05) is 21.5 Å². The molecule has 3 rings (SSSR count). The highest BCUT2D eigenvalue weighted by molar-refractivity contribution is 7.99. The number of aryl methyl sites for hydroxylation is 1. The summed E-state index contributed by atoms with van der Waals surface area (Å²) >= 11 is 1.58. The van der Waals surface area contributed by atoms with Crippen molar-refractivity contribution >= 4 is 28.5 Å². The second-order valence-electron chi connectivity index (χ2n) is 4.27. The average Bonchev–Trinajstić information content (AvgIpc) is 2.71. The summed E-state index contributed by atoms with van der Waals surface area (Å²) in [5.74, 6) is -0.465. The van der Waals surface area contributed by atoms with Crippen LogP contribution in [0.25, 0.3) is 11.1 Å². The minimum atomic E-state index is -0.465. The number of H-pyrrole nitrogens is 1. The first-order valence-corrected chi connectivity index (χ1v) is 6.61. The van der Waals surface area contributed by atoms with E-state index in [1.807, 2.05) is 24.3 Å². The van der Waals surface area contributed by atoms with Gasteiger partial charge in [-0.3, -0.25) is 4.98 Å². The molecule has 19 heavy (non-hydrogen) atoms. The standard InChI is InChI=1S/C14H12N2O2S/c1-8-4-2-3-5-12(8)19-13-7-10-11(6-9(13)15)18-14(17)16-10/h2-7H,15H2,1H3,(H,16,17). The second kappa shape index (κ2) is 4.51. The molecule has 4 nitrogen and oxygen atoms in total. The molecule has 0 radical (unpaired) electrons. The minimum Gasteiger partial charge on any atom is -0.408 e. The fourth-order valence-corrected chi connectivity index (χ4v) is 2.84. The fraction of sp³-hybridized carbons (Fsp3) is 0.0714. The van der Waals surface area contributed by atoms with Gasteiger partial charge >= 0.3 is 5.76 Å². The van der Waals surface area contributed by atoms with E-state index in [1.54, 1.807) is 17.8 Å². The Morgan fingerprint density at radius 1 is 1.21 bits per heavy atom. The highest BCUT2D eigenvalue weighted by Crippen LogP contribution is 2.35. The molecule has 0 aliphatic rings. The molecule has 2 aromatic carbocycles. The van der Waals surface area contributed by atoms with Gasteiger partial charge in [0.1, 0.15) is 0 Å². The van der Waals surface area contributed by atoms with Gasteiger partial charge in [0.2, 0.25) is 0 Å². The van der Waals surface area contributed by atoms with Gasteiger partial charge in [0.05, 0.1) is 5.52 Å². The molecule has 0 spiro atoms. The second-order valence-corrected chi connectivity index (χ2v) is 5.35. The van der Waals surface area contributed by atoms with Crippen LogP contribution >= 0.6 is 11.8 Å². The zero-order valence-corrected chi connectivity index (χ0v) is 11.1. The monoisotopic (exact) mass is 272 g/mol. The van der Waals surface area contributed by atoms with E-state index in [9.17, 15) is 4.79 Å². The predicted molar refractivity (Wildman–Crippen MR) is 76.5 cm³/mol. The molecule has 0 aliphatic heterocycles. The average molecular weight is 272 g/mol. The van der Waals surface area contributed by atoms with E-state index < -0.39 is 5.76 Å². The highest BCUT2D eigenvalue weighted by atomic mass is 32.2. The number of aromatic nitrogens is 1. The van der Waals surface area contributed by atoms with Crippen LogP contribution in [0.15, 0.2) is 55.4 Å². The summed E-state index contributed by atoms with van der Waals surface area (Å²) in [4.78, 5) is 15.8. The zero-order chi connectivity index (χ0) is 13.4. The fourth-order valence-electron chi connectivity index (χ4n) is 1.87. The lowest BCUT2D eigenvalue weighted by atomic mass is 10.2. The van der Waals surface area contributed by atoms with Crippen molar-refractivity contribution in [1.29, 1.82) is 0 Å². The number of oxazole rings is 1. The molecular formula is C14H12N2O2S. The lowest BCUT2D eigenvalue weighted by Gasteiger charge is -2.07. The third-order valence-electron chi connectivity index (χ3n) is 2.86. The maximum Gasteiger partial charge on any atom is 0.417 e. The lowest BCUT2D eigenvalue weighted by Crippen LogP contribution is -1.93. The number of nitrogens with two attached hydrogens (primary N) is 1. The van der Waals surface area contributed by atoms with Gasteiger partial charge in [-0.25, -0.2) is 4.79 Å². The molecule has 0 amide bonds. The number of hydrogen-bond donors (Lipinski definition) is 2. The van der Waals surface area contributed by atoms with Crippen molar-refractivity contribution in [3.63, 3.8) is 0 Å². The third-order valence-corrected chi connectivity index (χ3v) is 4.12. The number of nitrogens with one attached hydrogen (secondary N) is 1. The molecule has 0 saturated heterocycles. The number of fused-ring (bicyclic) bond motifs is 1. The Morgan fingerprint density at radius 3 is 2.79 bits per heavy atom. The van der Waals surface area contributed by atoms with Crippen LogP contribution in [0.5, 0.6) is 0 Å². The SMILES string of the molecule is Cc1ccccc1Sc1cc2[nH]c(=O)oc2cc1N. The van der Waals surface area contributed by atoms with Crippen LogP contribution in [-0.2, 0) is 0 Å². The Hall–Kier alpha value is -2.14. The maximum atomic E-state index is 11.2. The Morgan fingerprint density at radius 2 is 2.00 bits per heavy atom. The van der Waals surface area contributed by atoms with E-state index in [2.05, 4.69) is 18.0 Å². The van der Waals surface area contributed by atoms with Crippen LogP contribution in [-0.4, -0.2) is 4.98 Å². The summed E-state index contributed by atoms with van der Waals surface area (Å²) < 4.78 is 4.98. The topological polar surface area (TPSA) is 72.0 Å². The molecule has 96 valence electrons. The first kappa shape index (κ1) is 11.9. The Bertz CT molecular complexity index is 805. The van der Waals surface area contributed by atoms with Crippen molar-refractivity contribution in [3.05, 3.63) is 52.5 Å². The number of nitrogen functional groups attached to an aromatic ring is 1. The largest absolute Gasteiger partial charge is 0.417 e. The molecule has 3 N–H and O–H groups in total. The summed E-state index contributed by atoms with van der Waals surface area (Å²) in [6, 6.07) is 11.6. The molecule has 1 heterocycles.